The van der Waals surface area contributed by atoms with Gasteiger partial charge in [0.05, 0.1) is 21.3 Å². The molecule has 0 aliphatic rings. The summed E-state index contributed by atoms with van der Waals surface area (Å²) in [5.74, 6) is 1.13. The van der Waals surface area contributed by atoms with Gasteiger partial charge in [-0.3, -0.25) is 0 Å². The molecule has 23 heavy (non-hydrogen) atoms. The lowest BCUT2D eigenvalue weighted by Crippen LogP contribution is -2.00. The van der Waals surface area contributed by atoms with Crippen LogP contribution in [0.15, 0.2) is 30.3 Å². The standard InChI is InChI=1S/C18H20F2O3/c1-21-14-10-17(22-2)15(18(11-14)23-3)6-4-5-12-9-13(19)7-8-16(12)20/h7-11H,4-6H2,1-3H3. The number of benzene rings is 2. The van der Waals surface area contributed by atoms with Gasteiger partial charge in [-0.2, -0.15) is 0 Å². The van der Waals surface area contributed by atoms with Crippen LogP contribution in [-0.2, 0) is 12.8 Å². The molecule has 0 amide bonds. The Morgan fingerprint density at radius 2 is 1.48 bits per heavy atom. The molecule has 3 nitrogen and oxygen atoms in total. The first-order chi connectivity index (χ1) is 11.1. The Morgan fingerprint density at radius 1 is 0.826 bits per heavy atom. The molecular formula is C18H20F2O3. The summed E-state index contributed by atoms with van der Waals surface area (Å²) in [5, 5.41) is 0. The van der Waals surface area contributed by atoms with Crippen LogP contribution in [0.4, 0.5) is 8.78 Å². The van der Waals surface area contributed by atoms with Gasteiger partial charge in [-0.05, 0) is 43.0 Å². The summed E-state index contributed by atoms with van der Waals surface area (Å²) in [5.41, 5.74) is 1.25. The molecule has 0 atom stereocenters. The number of hydrogen-bond acceptors (Lipinski definition) is 3. The van der Waals surface area contributed by atoms with Crippen molar-refractivity contribution < 1.29 is 23.0 Å². The average Bonchev–Trinajstić information content (AvgIpc) is 2.57. The number of ether oxygens (including phenoxy) is 3. The lowest BCUT2D eigenvalue weighted by Gasteiger charge is -2.15. The molecule has 0 fully saturated rings. The van der Waals surface area contributed by atoms with E-state index in [9.17, 15) is 8.78 Å². The summed E-state index contributed by atoms with van der Waals surface area (Å²) in [6.45, 7) is 0. The van der Waals surface area contributed by atoms with E-state index in [1.807, 2.05) is 0 Å². The molecule has 0 radical (unpaired) electrons. The van der Waals surface area contributed by atoms with Crippen LogP contribution in [0.2, 0.25) is 0 Å². The molecule has 0 aliphatic heterocycles. The minimum absolute atomic E-state index is 0.372. The quantitative estimate of drug-likeness (QED) is 0.766. The highest BCUT2D eigenvalue weighted by molar-refractivity contribution is 5.50. The zero-order chi connectivity index (χ0) is 16.8. The van der Waals surface area contributed by atoms with Gasteiger partial charge in [-0.25, -0.2) is 8.78 Å². The fourth-order valence-corrected chi connectivity index (χ4v) is 2.51. The monoisotopic (exact) mass is 322 g/mol. The first-order valence-electron chi connectivity index (χ1n) is 7.31. The second-order valence-electron chi connectivity index (χ2n) is 5.10. The topological polar surface area (TPSA) is 27.7 Å². The van der Waals surface area contributed by atoms with Crippen molar-refractivity contribution in [3.05, 3.63) is 53.1 Å². The third-order valence-electron chi connectivity index (χ3n) is 3.70. The van der Waals surface area contributed by atoms with E-state index in [1.54, 1.807) is 33.5 Å². The second kappa shape index (κ2) is 7.81. The normalized spacial score (nSPS) is 10.5. The van der Waals surface area contributed by atoms with Crippen molar-refractivity contribution in [2.45, 2.75) is 19.3 Å². The highest BCUT2D eigenvalue weighted by Gasteiger charge is 2.13. The van der Waals surface area contributed by atoms with Gasteiger partial charge in [0.15, 0.2) is 0 Å². The number of aryl methyl sites for hydroxylation is 1. The molecule has 0 aliphatic carbocycles. The minimum atomic E-state index is -0.430. The Morgan fingerprint density at radius 3 is 2.04 bits per heavy atom. The highest BCUT2D eigenvalue weighted by Crippen LogP contribution is 2.35. The van der Waals surface area contributed by atoms with Gasteiger partial charge in [-0.1, -0.05) is 0 Å². The van der Waals surface area contributed by atoms with Gasteiger partial charge in [-0.15, -0.1) is 0 Å². The number of methoxy groups -OCH3 is 3. The first kappa shape index (κ1) is 17.1. The molecule has 0 heterocycles. The van der Waals surface area contributed by atoms with Gasteiger partial charge in [0.1, 0.15) is 28.9 Å². The molecule has 0 unspecified atom stereocenters. The zero-order valence-electron chi connectivity index (χ0n) is 13.5. The van der Waals surface area contributed by atoms with Crippen LogP contribution in [0.3, 0.4) is 0 Å². The lowest BCUT2D eigenvalue weighted by molar-refractivity contribution is 0.368. The van der Waals surface area contributed by atoms with Crippen molar-refractivity contribution in [3.8, 4) is 17.2 Å². The van der Waals surface area contributed by atoms with Crippen LogP contribution in [0.1, 0.15) is 17.5 Å². The van der Waals surface area contributed by atoms with Crippen LogP contribution in [0.5, 0.6) is 17.2 Å². The van der Waals surface area contributed by atoms with Crippen LogP contribution < -0.4 is 14.2 Å². The van der Waals surface area contributed by atoms with E-state index < -0.39 is 5.82 Å². The Labute approximate surface area is 134 Å². The predicted molar refractivity (Wildman–Crippen MR) is 84.5 cm³/mol. The van der Waals surface area contributed by atoms with E-state index in [1.165, 1.54) is 6.07 Å². The van der Waals surface area contributed by atoms with Crippen molar-refractivity contribution in [2.24, 2.45) is 0 Å². The third-order valence-corrected chi connectivity index (χ3v) is 3.70. The SMILES string of the molecule is COc1cc(OC)c(CCCc2cc(F)ccc2F)c(OC)c1. The van der Waals surface area contributed by atoms with Crippen LogP contribution in [0, 0.1) is 11.6 Å². The summed E-state index contributed by atoms with van der Waals surface area (Å²) in [4.78, 5) is 0. The summed E-state index contributed by atoms with van der Waals surface area (Å²) in [6.07, 6.45) is 1.69. The van der Waals surface area contributed by atoms with E-state index in [0.29, 0.717) is 42.1 Å². The Balaban J connectivity index is 2.15. The van der Waals surface area contributed by atoms with Crippen molar-refractivity contribution in [3.63, 3.8) is 0 Å². The summed E-state index contributed by atoms with van der Waals surface area (Å²) in [7, 11) is 4.72. The van der Waals surface area contributed by atoms with Gasteiger partial charge >= 0.3 is 0 Å². The molecule has 0 saturated carbocycles. The number of halogens is 2. The number of rotatable bonds is 7. The van der Waals surface area contributed by atoms with Gasteiger partial charge in [0.2, 0.25) is 0 Å². The molecule has 2 aromatic carbocycles. The maximum Gasteiger partial charge on any atom is 0.129 e. The van der Waals surface area contributed by atoms with Gasteiger partial charge in [0, 0.05) is 17.7 Å². The van der Waals surface area contributed by atoms with Crippen molar-refractivity contribution >= 4 is 0 Å². The molecule has 124 valence electrons. The molecular weight excluding hydrogens is 302 g/mol. The zero-order valence-corrected chi connectivity index (χ0v) is 13.5. The van der Waals surface area contributed by atoms with Crippen molar-refractivity contribution in [1.29, 1.82) is 0 Å². The van der Waals surface area contributed by atoms with Crippen LogP contribution >= 0.6 is 0 Å². The third kappa shape index (κ3) is 4.12. The minimum Gasteiger partial charge on any atom is -0.496 e. The van der Waals surface area contributed by atoms with Crippen LogP contribution in [-0.4, -0.2) is 21.3 Å². The maximum absolute atomic E-state index is 13.7. The molecule has 5 heteroatoms. The summed E-state index contributed by atoms with van der Waals surface area (Å²) >= 11 is 0. The first-order valence-corrected chi connectivity index (χ1v) is 7.31. The predicted octanol–water partition coefficient (Wildman–Crippen LogP) is 4.17. The fraction of sp³-hybridized carbons (Fsp3) is 0.333. The summed E-state index contributed by atoms with van der Waals surface area (Å²) < 4.78 is 42.8. The lowest BCUT2D eigenvalue weighted by atomic mass is 10.0. The highest BCUT2D eigenvalue weighted by atomic mass is 19.1. The van der Waals surface area contributed by atoms with Crippen molar-refractivity contribution in [1.82, 2.24) is 0 Å². The molecule has 0 aromatic heterocycles. The average molecular weight is 322 g/mol. The second-order valence-corrected chi connectivity index (χ2v) is 5.10. The van der Waals surface area contributed by atoms with E-state index in [4.69, 9.17) is 14.2 Å². The van der Waals surface area contributed by atoms with Gasteiger partial charge < -0.3 is 14.2 Å². The van der Waals surface area contributed by atoms with E-state index >= 15 is 0 Å². The Hall–Kier alpha value is -2.30. The van der Waals surface area contributed by atoms with Crippen LogP contribution in [0.25, 0.3) is 0 Å². The Kier molecular flexibility index (Phi) is 5.79. The number of hydrogen-bond donors (Lipinski definition) is 0. The summed E-state index contributed by atoms with van der Waals surface area (Å²) in [6, 6.07) is 7.06. The molecule has 2 aromatic rings. The van der Waals surface area contributed by atoms with E-state index in [-0.39, 0.29) is 5.82 Å². The van der Waals surface area contributed by atoms with E-state index in [0.717, 1.165) is 17.7 Å². The molecule has 0 spiro atoms. The molecule has 0 bridgehead atoms. The molecule has 2 rings (SSSR count). The largest absolute Gasteiger partial charge is 0.496 e. The Bertz CT molecular complexity index is 646. The van der Waals surface area contributed by atoms with Gasteiger partial charge in [0.25, 0.3) is 0 Å². The molecule has 0 N–H and O–H groups in total. The maximum atomic E-state index is 13.7. The molecule has 0 saturated heterocycles. The fourth-order valence-electron chi connectivity index (χ4n) is 2.51. The van der Waals surface area contributed by atoms with E-state index in [2.05, 4.69) is 0 Å². The smallest absolute Gasteiger partial charge is 0.129 e. The van der Waals surface area contributed by atoms with Crippen molar-refractivity contribution in [2.75, 3.05) is 21.3 Å².